The van der Waals surface area contributed by atoms with Gasteiger partial charge in [0, 0.05) is 20.0 Å². The van der Waals surface area contributed by atoms with Crippen molar-refractivity contribution in [2.24, 2.45) is 5.73 Å². The van der Waals surface area contributed by atoms with Crippen molar-refractivity contribution in [3.63, 3.8) is 0 Å². The van der Waals surface area contributed by atoms with E-state index in [1.165, 1.54) is 26.0 Å². The Balaban J connectivity index is 3.59. The van der Waals surface area contributed by atoms with Gasteiger partial charge in [0.1, 0.15) is 6.23 Å². The highest BCUT2D eigenvalue weighted by molar-refractivity contribution is 7.99. The minimum absolute atomic E-state index is 0.296. The van der Waals surface area contributed by atoms with Gasteiger partial charge < -0.3 is 15.2 Å². The molecule has 1 unspecified atom stereocenters. The maximum Gasteiger partial charge on any atom is 0.398 e. The first-order valence-corrected chi connectivity index (χ1v) is 6.95. The molecule has 0 aromatic rings. The summed E-state index contributed by atoms with van der Waals surface area (Å²) in [5, 5.41) is 0. The molecule has 3 N–H and O–H groups in total. The van der Waals surface area contributed by atoms with Crippen LogP contribution in [0.25, 0.3) is 0 Å². The molecule has 0 aliphatic heterocycles. The summed E-state index contributed by atoms with van der Waals surface area (Å²) < 4.78 is 42.9. The summed E-state index contributed by atoms with van der Waals surface area (Å²) in [6.07, 6.45) is -1.04. The number of hydrogen-bond donors (Lipinski definition) is 2. The van der Waals surface area contributed by atoms with Gasteiger partial charge in [-0.25, -0.2) is 4.18 Å². The first-order valence-electron chi connectivity index (χ1n) is 4.43. The summed E-state index contributed by atoms with van der Waals surface area (Å²) in [5.74, 6) is 1.17. The number of ether oxygens (including phenoxy) is 2. The molecule has 0 amide bonds. The molecule has 0 bridgehead atoms. The maximum absolute atomic E-state index is 10.3. The SMILES string of the molecule is COC(CSCCC(N)OS(=O)(=O)O)OC. The highest BCUT2D eigenvalue weighted by Gasteiger charge is 2.12. The van der Waals surface area contributed by atoms with Crippen molar-refractivity contribution < 1.29 is 26.6 Å². The predicted molar refractivity (Wildman–Crippen MR) is 60.4 cm³/mol. The minimum Gasteiger partial charge on any atom is -0.355 e. The predicted octanol–water partition coefficient (Wildman–Crippen LogP) is -0.167. The fraction of sp³-hybridized carbons (Fsp3) is 1.00. The van der Waals surface area contributed by atoms with Crippen LogP contribution in [-0.2, 0) is 24.1 Å². The Morgan fingerprint density at radius 3 is 2.38 bits per heavy atom. The van der Waals surface area contributed by atoms with E-state index < -0.39 is 16.6 Å². The van der Waals surface area contributed by atoms with E-state index in [0.29, 0.717) is 17.9 Å². The van der Waals surface area contributed by atoms with Crippen LogP contribution in [0.5, 0.6) is 0 Å². The van der Waals surface area contributed by atoms with Crippen molar-refractivity contribution in [1.82, 2.24) is 0 Å². The van der Waals surface area contributed by atoms with Crippen molar-refractivity contribution in [2.75, 3.05) is 25.7 Å². The Bertz CT molecular complexity index is 266. The van der Waals surface area contributed by atoms with Crippen LogP contribution < -0.4 is 5.73 Å². The van der Waals surface area contributed by atoms with E-state index in [1.54, 1.807) is 0 Å². The van der Waals surface area contributed by atoms with Crippen molar-refractivity contribution in [1.29, 1.82) is 0 Å². The highest BCUT2D eigenvalue weighted by atomic mass is 32.3. The van der Waals surface area contributed by atoms with Crippen LogP contribution in [0.2, 0.25) is 0 Å². The van der Waals surface area contributed by atoms with Gasteiger partial charge in [-0.05, 0) is 12.2 Å². The van der Waals surface area contributed by atoms with Crippen molar-refractivity contribution in [3.05, 3.63) is 0 Å². The molecule has 98 valence electrons. The second-order valence-electron chi connectivity index (χ2n) is 2.83. The van der Waals surface area contributed by atoms with E-state index in [9.17, 15) is 8.42 Å². The van der Waals surface area contributed by atoms with E-state index in [2.05, 4.69) is 4.18 Å². The first kappa shape index (κ1) is 16.1. The number of rotatable bonds is 9. The third-order valence-corrected chi connectivity index (χ3v) is 3.09. The van der Waals surface area contributed by atoms with Gasteiger partial charge in [0.25, 0.3) is 0 Å². The molecular weight excluding hydrogens is 258 g/mol. The van der Waals surface area contributed by atoms with Crippen molar-refractivity contribution in [2.45, 2.75) is 18.9 Å². The van der Waals surface area contributed by atoms with Crippen LogP contribution >= 0.6 is 11.8 Å². The maximum atomic E-state index is 10.3. The Hall–Kier alpha value is 0.1000. The number of methoxy groups -OCH3 is 2. The van der Waals surface area contributed by atoms with Gasteiger partial charge in [-0.1, -0.05) is 0 Å². The molecule has 16 heavy (non-hydrogen) atoms. The molecule has 1 atom stereocenters. The fourth-order valence-electron chi connectivity index (χ4n) is 0.816. The molecule has 0 radical (unpaired) electrons. The van der Waals surface area contributed by atoms with Crippen LogP contribution in [0.3, 0.4) is 0 Å². The van der Waals surface area contributed by atoms with E-state index in [0.717, 1.165) is 0 Å². The lowest BCUT2D eigenvalue weighted by Gasteiger charge is -2.13. The number of hydrogen-bond acceptors (Lipinski definition) is 7. The summed E-state index contributed by atoms with van der Waals surface area (Å²) in [5.41, 5.74) is 5.30. The van der Waals surface area contributed by atoms with Crippen LogP contribution in [0.4, 0.5) is 0 Å². The monoisotopic (exact) mass is 275 g/mol. The van der Waals surface area contributed by atoms with Crippen molar-refractivity contribution in [3.8, 4) is 0 Å². The highest BCUT2D eigenvalue weighted by Crippen LogP contribution is 2.09. The largest absolute Gasteiger partial charge is 0.398 e. The Morgan fingerprint density at radius 1 is 1.38 bits per heavy atom. The Kier molecular flexibility index (Phi) is 8.28. The van der Waals surface area contributed by atoms with E-state index in [-0.39, 0.29) is 6.29 Å². The van der Waals surface area contributed by atoms with Gasteiger partial charge in [0.15, 0.2) is 6.29 Å². The minimum atomic E-state index is -4.47. The zero-order chi connectivity index (χ0) is 12.6. The molecule has 7 nitrogen and oxygen atoms in total. The normalized spacial score (nSPS) is 14.3. The first-order chi connectivity index (χ1) is 7.39. The summed E-state index contributed by atoms with van der Waals surface area (Å²) >= 11 is 1.48. The van der Waals surface area contributed by atoms with E-state index >= 15 is 0 Å². The fourth-order valence-corrected chi connectivity index (χ4v) is 2.25. The molecule has 0 aromatic heterocycles. The zero-order valence-electron chi connectivity index (χ0n) is 9.16. The molecule has 0 fully saturated rings. The van der Waals surface area contributed by atoms with Crippen LogP contribution in [0.15, 0.2) is 0 Å². The van der Waals surface area contributed by atoms with Crippen molar-refractivity contribution >= 4 is 22.2 Å². The molecule has 0 saturated heterocycles. The Morgan fingerprint density at radius 2 is 1.94 bits per heavy atom. The second-order valence-corrected chi connectivity index (χ2v) is 5.02. The lowest BCUT2D eigenvalue weighted by molar-refractivity contribution is -0.0842. The van der Waals surface area contributed by atoms with E-state index in [4.69, 9.17) is 19.8 Å². The van der Waals surface area contributed by atoms with Crippen LogP contribution in [0, 0.1) is 0 Å². The third-order valence-electron chi connectivity index (χ3n) is 1.57. The number of thioether (sulfide) groups is 1. The molecule has 0 aromatic carbocycles. The van der Waals surface area contributed by atoms with Gasteiger partial charge in [-0.3, -0.25) is 4.55 Å². The second kappa shape index (κ2) is 8.23. The lowest BCUT2D eigenvalue weighted by atomic mass is 10.4. The van der Waals surface area contributed by atoms with E-state index in [1.807, 2.05) is 0 Å². The molecule has 0 spiro atoms. The van der Waals surface area contributed by atoms with Gasteiger partial charge in [0.2, 0.25) is 0 Å². The molecular formula is C7H17NO6S2. The summed E-state index contributed by atoms with van der Waals surface area (Å²) in [4.78, 5) is 0. The summed E-state index contributed by atoms with van der Waals surface area (Å²) in [6, 6.07) is 0. The van der Waals surface area contributed by atoms with Gasteiger partial charge in [0.05, 0.1) is 0 Å². The zero-order valence-corrected chi connectivity index (χ0v) is 10.8. The van der Waals surface area contributed by atoms with Gasteiger partial charge in [-0.15, -0.1) is 0 Å². The molecule has 0 saturated carbocycles. The average molecular weight is 275 g/mol. The molecule has 0 aliphatic rings. The molecule has 9 heteroatoms. The molecule has 0 aliphatic carbocycles. The van der Waals surface area contributed by atoms with Crippen LogP contribution in [-0.4, -0.2) is 51.2 Å². The summed E-state index contributed by atoms with van der Waals surface area (Å²) in [6.45, 7) is 0. The third kappa shape index (κ3) is 9.33. The van der Waals surface area contributed by atoms with Crippen LogP contribution in [0.1, 0.15) is 6.42 Å². The average Bonchev–Trinajstić information content (AvgIpc) is 2.15. The topological polar surface area (TPSA) is 108 Å². The summed E-state index contributed by atoms with van der Waals surface area (Å²) in [7, 11) is -1.41. The number of nitrogens with two attached hydrogens (primary N) is 1. The van der Waals surface area contributed by atoms with Gasteiger partial charge >= 0.3 is 10.4 Å². The standard InChI is InChI=1S/C7H17NO6S2/c1-12-7(13-2)5-15-4-3-6(8)14-16(9,10)11/h6-7H,3-5,8H2,1-2H3,(H,9,10,11). The smallest absolute Gasteiger partial charge is 0.355 e. The molecule has 0 rings (SSSR count). The quantitative estimate of drug-likeness (QED) is 0.339. The van der Waals surface area contributed by atoms with Gasteiger partial charge in [-0.2, -0.15) is 20.2 Å². The Labute approximate surface area is 99.6 Å². The molecule has 0 heterocycles. The lowest BCUT2D eigenvalue weighted by Crippen LogP contribution is -2.27.